The Labute approximate surface area is 155 Å². The average Bonchev–Trinajstić information content (AvgIpc) is 3.32. The van der Waals surface area contributed by atoms with E-state index in [0.29, 0.717) is 16.6 Å². The van der Waals surface area contributed by atoms with E-state index < -0.39 is 0 Å². The van der Waals surface area contributed by atoms with Gasteiger partial charge < -0.3 is 9.13 Å². The number of carbonyl (C=O) groups excluding carboxylic acids is 1. The van der Waals surface area contributed by atoms with Crippen LogP contribution < -0.4 is 0 Å². The number of pyridine rings is 1. The number of halogens is 1. The molecule has 0 N–H and O–H groups in total. The highest BCUT2D eigenvalue weighted by Gasteiger charge is 2.26. The minimum atomic E-state index is 0.500. The molecule has 0 spiro atoms. The van der Waals surface area contributed by atoms with Gasteiger partial charge in [-0.25, -0.2) is 9.97 Å². The number of nitrogens with zero attached hydrogens (tertiary/aromatic N) is 4. The second kappa shape index (κ2) is 5.68. The zero-order valence-electron chi connectivity index (χ0n) is 14.3. The lowest BCUT2D eigenvalue weighted by atomic mass is 10.2. The molecule has 0 saturated heterocycles. The van der Waals surface area contributed by atoms with Crippen molar-refractivity contribution < 1.29 is 4.79 Å². The van der Waals surface area contributed by atoms with E-state index in [0.717, 1.165) is 46.4 Å². The second-order valence-electron chi connectivity index (χ2n) is 6.99. The molecule has 1 saturated carbocycles. The molecule has 4 aromatic rings. The van der Waals surface area contributed by atoms with Crippen LogP contribution in [0.4, 0.5) is 0 Å². The first-order chi connectivity index (χ1) is 12.6. The maximum atomic E-state index is 11.1. The lowest BCUT2D eigenvalue weighted by molar-refractivity contribution is 0.112. The molecule has 5 nitrogen and oxygen atoms in total. The number of rotatable bonds is 4. The summed E-state index contributed by atoms with van der Waals surface area (Å²) in [5.74, 6) is 1.57. The number of hydrogen-bond donors (Lipinski definition) is 0. The van der Waals surface area contributed by atoms with Gasteiger partial charge in [0, 0.05) is 24.5 Å². The van der Waals surface area contributed by atoms with Crippen LogP contribution in [0.3, 0.4) is 0 Å². The first-order valence-corrected chi connectivity index (χ1v) is 9.09. The van der Waals surface area contributed by atoms with Gasteiger partial charge in [-0.3, -0.25) is 4.79 Å². The molecule has 0 amide bonds. The monoisotopic (exact) mass is 364 g/mol. The second-order valence-corrected chi connectivity index (χ2v) is 7.38. The molecule has 0 radical (unpaired) electrons. The number of fused-ring (bicyclic) bond motifs is 2. The molecule has 1 fully saturated rings. The lowest BCUT2D eigenvalue weighted by Gasteiger charge is -2.09. The number of imidazole rings is 1. The maximum absolute atomic E-state index is 11.1. The molecule has 0 aliphatic heterocycles. The molecule has 3 aromatic heterocycles. The highest BCUT2D eigenvalue weighted by Crippen LogP contribution is 2.36. The molecule has 1 aliphatic rings. The van der Waals surface area contributed by atoms with Crippen molar-refractivity contribution in [3.8, 4) is 11.5 Å². The minimum absolute atomic E-state index is 0.500. The third-order valence-corrected chi connectivity index (χ3v) is 5.33. The summed E-state index contributed by atoms with van der Waals surface area (Å²) in [6.07, 6.45) is 3.36. The number of benzene rings is 1. The van der Waals surface area contributed by atoms with Crippen molar-refractivity contribution >= 4 is 40.0 Å². The number of aldehydes is 1. The van der Waals surface area contributed by atoms with Crippen molar-refractivity contribution in [3.63, 3.8) is 0 Å². The van der Waals surface area contributed by atoms with E-state index in [4.69, 9.17) is 16.6 Å². The Balaban J connectivity index is 1.76. The van der Waals surface area contributed by atoms with E-state index >= 15 is 0 Å². The van der Waals surface area contributed by atoms with Gasteiger partial charge >= 0.3 is 0 Å². The number of hydrogen-bond acceptors (Lipinski definition) is 3. The molecule has 0 atom stereocenters. The van der Waals surface area contributed by atoms with Crippen LogP contribution in [0.1, 0.15) is 23.2 Å². The zero-order chi connectivity index (χ0) is 17.8. The quantitative estimate of drug-likeness (QED) is 0.396. The smallest absolute Gasteiger partial charge is 0.157 e. The number of aromatic nitrogens is 4. The maximum Gasteiger partial charge on any atom is 0.157 e. The number of carbonyl (C=O) groups is 1. The van der Waals surface area contributed by atoms with Crippen LogP contribution in [0.25, 0.3) is 33.6 Å². The molecule has 0 unspecified atom stereocenters. The predicted octanol–water partition coefficient (Wildman–Crippen LogP) is 4.47. The Morgan fingerprint density at radius 1 is 1.19 bits per heavy atom. The van der Waals surface area contributed by atoms with Gasteiger partial charge in [0.25, 0.3) is 0 Å². The molecule has 5 rings (SSSR count). The highest BCUT2D eigenvalue weighted by molar-refractivity contribution is 6.29. The van der Waals surface area contributed by atoms with Crippen molar-refractivity contribution in [2.75, 3.05) is 0 Å². The van der Waals surface area contributed by atoms with Crippen LogP contribution >= 0.6 is 11.6 Å². The van der Waals surface area contributed by atoms with Crippen LogP contribution in [0.2, 0.25) is 5.15 Å². The van der Waals surface area contributed by atoms with Crippen molar-refractivity contribution in [2.45, 2.75) is 19.4 Å². The molecule has 1 aromatic carbocycles. The molecule has 6 heteroatoms. The molecule has 3 heterocycles. The van der Waals surface area contributed by atoms with Crippen LogP contribution in [-0.2, 0) is 13.6 Å². The van der Waals surface area contributed by atoms with Crippen LogP contribution in [0.5, 0.6) is 0 Å². The summed E-state index contributed by atoms with van der Waals surface area (Å²) in [7, 11) is 2.00. The molecule has 26 heavy (non-hydrogen) atoms. The Hall–Kier alpha value is -2.66. The van der Waals surface area contributed by atoms with Gasteiger partial charge in [0.1, 0.15) is 17.1 Å². The van der Waals surface area contributed by atoms with E-state index in [9.17, 15) is 4.79 Å². The van der Waals surface area contributed by atoms with Crippen LogP contribution in [-0.4, -0.2) is 25.4 Å². The third-order valence-electron chi connectivity index (χ3n) is 5.12. The minimum Gasteiger partial charge on any atom is -0.326 e. The van der Waals surface area contributed by atoms with Gasteiger partial charge in [-0.05, 0) is 55.2 Å². The molecular formula is C20H17ClN4O. The third kappa shape index (κ3) is 2.42. The summed E-state index contributed by atoms with van der Waals surface area (Å²) in [6.45, 7) is 0.926. The SMILES string of the molecule is Cn1c(-c2cc3ccc(Cl)nc3n2CC2CC2)nc2cc(C=O)ccc21. The normalized spacial score (nSPS) is 14.4. The summed E-state index contributed by atoms with van der Waals surface area (Å²) >= 11 is 6.15. The standard InChI is InChI=1S/C20H17ClN4O/c1-24-16-6-4-13(11-26)8-15(16)22-20(24)17-9-14-5-7-18(21)23-19(14)25(17)10-12-2-3-12/h4-9,11-12H,2-3,10H2,1H3. The molecule has 130 valence electrons. The van der Waals surface area contributed by atoms with Gasteiger partial charge in [0.05, 0.1) is 16.7 Å². The fourth-order valence-electron chi connectivity index (χ4n) is 3.55. The van der Waals surface area contributed by atoms with Gasteiger partial charge in [-0.15, -0.1) is 0 Å². The van der Waals surface area contributed by atoms with Gasteiger partial charge in [-0.1, -0.05) is 11.6 Å². The first-order valence-electron chi connectivity index (χ1n) is 8.72. The fraction of sp³-hybridized carbons (Fsp3) is 0.250. The van der Waals surface area contributed by atoms with Crippen molar-refractivity contribution in [2.24, 2.45) is 13.0 Å². The largest absolute Gasteiger partial charge is 0.326 e. The predicted molar refractivity (Wildman–Crippen MR) is 103 cm³/mol. The summed E-state index contributed by atoms with van der Waals surface area (Å²) in [4.78, 5) is 20.5. The first kappa shape index (κ1) is 15.6. The Morgan fingerprint density at radius 3 is 2.81 bits per heavy atom. The Morgan fingerprint density at radius 2 is 2.04 bits per heavy atom. The Kier molecular flexibility index (Phi) is 3.40. The summed E-state index contributed by atoms with van der Waals surface area (Å²) < 4.78 is 4.31. The van der Waals surface area contributed by atoms with Gasteiger partial charge in [-0.2, -0.15) is 0 Å². The fourth-order valence-corrected chi connectivity index (χ4v) is 3.70. The van der Waals surface area contributed by atoms with Crippen molar-refractivity contribution in [1.29, 1.82) is 0 Å². The van der Waals surface area contributed by atoms with Gasteiger partial charge in [0.2, 0.25) is 0 Å². The van der Waals surface area contributed by atoms with E-state index in [1.807, 2.05) is 37.4 Å². The average molecular weight is 365 g/mol. The van der Waals surface area contributed by atoms with E-state index in [1.54, 1.807) is 0 Å². The zero-order valence-corrected chi connectivity index (χ0v) is 15.1. The van der Waals surface area contributed by atoms with Crippen LogP contribution in [0, 0.1) is 5.92 Å². The summed E-state index contributed by atoms with van der Waals surface area (Å²) in [5.41, 5.74) is 4.39. The molecule has 0 bridgehead atoms. The summed E-state index contributed by atoms with van der Waals surface area (Å²) in [5, 5.41) is 1.56. The lowest BCUT2D eigenvalue weighted by Crippen LogP contribution is -2.05. The molecular weight excluding hydrogens is 348 g/mol. The van der Waals surface area contributed by atoms with Crippen molar-refractivity contribution in [3.05, 3.63) is 47.1 Å². The Bertz CT molecular complexity index is 1170. The van der Waals surface area contributed by atoms with E-state index in [2.05, 4.69) is 20.2 Å². The van der Waals surface area contributed by atoms with E-state index in [1.165, 1.54) is 12.8 Å². The van der Waals surface area contributed by atoms with Gasteiger partial charge in [0.15, 0.2) is 5.82 Å². The molecule has 1 aliphatic carbocycles. The van der Waals surface area contributed by atoms with E-state index in [-0.39, 0.29) is 0 Å². The van der Waals surface area contributed by atoms with Crippen molar-refractivity contribution in [1.82, 2.24) is 19.1 Å². The highest BCUT2D eigenvalue weighted by atomic mass is 35.5. The summed E-state index contributed by atoms with van der Waals surface area (Å²) in [6, 6.07) is 11.5. The topological polar surface area (TPSA) is 52.7 Å². The number of aryl methyl sites for hydroxylation is 1. The van der Waals surface area contributed by atoms with Crippen LogP contribution in [0.15, 0.2) is 36.4 Å².